The van der Waals surface area contributed by atoms with E-state index in [9.17, 15) is 17.2 Å². The normalized spacial score (nSPS) is 11.4. The van der Waals surface area contributed by atoms with E-state index >= 15 is 0 Å². The Balaban J connectivity index is 2.94. The summed E-state index contributed by atoms with van der Waals surface area (Å²) in [6.07, 6.45) is -2.72. The molecule has 0 aliphatic rings. The molecule has 0 saturated carbocycles. The fourth-order valence-corrected chi connectivity index (χ4v) is 2.24. The minimum Gasteiger partial charge on any atom is -0.223 e. The Labute approximate surface area is 92.2 Å². The van der Waals surface area contributed by atoms with Crippen LogP contribution in [0.2, 0.25) is 0 Å². The largest absolute Gasteiger partial charge is 0.252 e. The monoisotopic (exact) mass is 245 g/mol. The van der Waals surface area contributed by atoms with Gasteiger partial charge in [0.1, 0.15) is 5.75 Å². The van der Waals surface area contributed by atoms with Gasteiger partial charge in [0.25, 0.3) is 6.43 Å². The lowest BCUT2D eigenvalue weighted by molar-refractivity contribution is 0.174. The highest BCUT2D eigenvalue weighted by Crippen LogP contribution is 2.14. The van der Waals surface area contributed by atoms with Crippen molar-refractivity contribution in [2.24, 2.45) is 0 Å². The van der Waals surface area contributed by atoms with Crippen molar-refractivity contribution in [1.82, 2.24) is 0 Å². The molecule has 0 heterocycles. The lowest BCUT2D eigenvalue weighted by Crippen LogP contribution is -2.13. The van der Waals surface area contributed by atoms with Crippen molar-refractivity contribution in [2.75, 3.05) is 5.75 Å². The number of alkyl halides is 2. The van der Waals surface area contributed by atoms with E-state index in [2.05, 4.69) is 0 Å². The van der Waals surface area contributed by atoms with E-state index < -0.39 is 22.0 Å². The van der Waals surface area contributed by atoms with E-state index in [0.29, 0.717) is 5.56 Å². The molecule has 0 fully saturated rings. The molecule has 0 radical (unpaired) electrons. The zero-order valence-corrected chi connectivity index (χ0v) is 9.05. The molecule has 0 aliphatic heterocycles. The number of hydrogen-bond donors (Lipinski definition) is 0. The van der Waals surface area contributed by atoms with Crippen LogP contribution in [0.25, 0.3) is 0 Å². The molecule has 0 atom stereocenters. The summed E-state index contributed by atoms with van der Waals surface area (Å²) in [7, 11) is -3.92. The zero-order chi connectivity index (χ0) is 12.2. The molecule has 0 aromatic heterocycles. The Morgan fingerprint density at radius 3 is 2.25 bits per heavy atom. The maximum absolute atomic E-state index is 12.0. The van der Waals surface area contributed by atoms with E-state index in [1.807, 2.05) is 6.07 Å². The number of halogens is 2. The number of hydrogen-bond acceptors (Lipinski definition) is 3. The molecular formula is C10H9F2NO2S. The van der Waals surface area contributed by atoms with Crippen molar-refractivity contribution in [3.8, 4) is 6.07 Å². The van der Waals surface area contributed by atoms with Gasteiger partial charge in [0.2, 0.25) is 0 Å². The van der Waals surface area contributed by atoms with Crippen molar-refractivity contribution < 1.29 is 17.2 Å². The predicted octanol–water partition coefficient (Wildman–Crippen LogP) is 1.79. The van der Waals surface area contributed by atoms with Gasteiger partial charge < -0.3 is 0 Å². The van der Waals surface area contributed by atoms with Gasteiger partial charge in [-0.25, -0.2) is 17.2 Å². The molecule has 6 heteroatoms. The van der Waals surface area contributed by atoms with E-state index in [-0.39, 0.29) is 11.3 Å². The van der Waals surface area contributed by atoms with Gasteiger partial charge in [-0.2, -0.15) is 5.26 Å². The molecule has 0 bridgehead atoms. The van der Waals surface area contributed by atoms with E-state index in [4.69, 9.17) is 5.26 Å². The van der Waals surface area contributed by atoms with E-state index in [0.717, 1.165) is 0 Å². The smallest absolute Gasteiger partial charge is 0.223 e. The van der Waals surface area contributed by atoms with Crippen LogP contribution in [-0.4, -0.2) is 20.6 Å². The summed E-state index contributed by atoms with van der Waals surface area (Å²) in [5.74, 6) is -1.18. The number of rotatable bonds is 4. The molecule has 1 aromatic carbocycles. The fourth-order valence-electron chi connectivity index (χ4n) is 1.17. The third-order valence-corrected chi connectivity index (χ3v) is 3.59. The van der Waals surface area contributed by atoms with Crippen molar-refractivity contribution in [2.45, 2.75) is 17.7 Å². The summed E-state index contributed by atoms with van der Waals surface area (Å²) < 4.78 is 46.7. The topological polar surface area (TPSA) is 57.9 Å². The standard InChI is InChI=1S/C10H9F2NO2S/c11-10(12)7-16(14,15)9-3-1-8(2-4-9)5-6-13/h1-4,10H,5,7H2. The molecule has 3 nitrogen and oxygen atoms in total. The Bertz CT molecular complexity index is 489. The van der Waals surface area contributed by atoms with Gasteiger partial charge >= 0.3 is 0 Å². The summed E-state index contributed by atoms with van der Waals surface area (Å²) in [6.45, 7) is 0. The minimum atomic E-state index is -3.92. The quantitative estimate of drug-likeness (QED) is 0.812. The molecule has 1 aromatic rings. The second kappa shape index (κ2) is 5.03. The summed E-state index contributed by atoms with van der Waals surface area (Å²) in [5.41, 5.74) is 0.651. The van der Waals surface area contributed by atoms with Gasteiger partial charge in [0.15, 0.2) is 9.84 Å². The molecule has 0 saturated heterocycles. The second-order valence-corrected chi connectivity index (χ2v) is 5.19. The van der Waals surface area contributed by atoms with Gasteiger partial charge in [0.05, 0.1) is 17.4 Å². The Kier molecular flexibility index (Phi) is 3.96. The first kappa shape index (κ1) is 12.6. The lowest BCUT2D eigenvalue weighted by Gasteiger charge is -2.04. The third-order valence-electron chi connectivity index (χ3n) is 1.91. The summed E-state index contributed by atoms with van der Waals surface area (Å²) in [5, 5.41) is 8.40. The molecule has 0 N–H and O–H groups in total. The Hall–Kier alpha value is -1.48. The highest BCUT2D eigenvalue weighted by atomic mass is 32.2. The van der Waals surface area contributed by atoms with Crippen molar-refractivity contribution >= 4 is 9.84 Å². The molecule has 16 heavy (non-hydrogen) atoms. The highest BCUT2D eigenvalue weighted by Gasteiger charge is 2.20. The average molecular weight is 245 g/mol. The molecular weight excluding hydrogens is 236 g/mol. The Morgan fingerprint density at radius 2 is 1.81 bits per heavy atom. The summed E-state index contributed by atoms with van der Waals surface area (Å²) in [6, 6.07) is 7.28. The SMILES string of the molecule is N#CCc1ccc(S(=O)(=O)CC(F)F)cc1. The lowest BCUT2D eigenvalue weighted by atomic mass is 10.2. The average Bonchev–Trinajstić information content (AvgIpc) is 2.17. The number of sulfone groups is 1. The van der Waals surface area contributed by atoms with Gasteiger partial charge in [-0.15, -0.1) is 0 Å². The molecule has 86 valence electrons. The summed E-state index contributed by atoms with van der Waals surface area (Å²) >= 11 is 0. The molecule has 0 unspecified atom stereocenters. The predicted molar refractivity (Wildman–Crippen MR) is 53.8 cm³/mol. The fraction of sp³-hybridized carbons (Fsp3) is 0.300. The van der Waals surface area contributed by atoms with Crippen LogP contribution in [0, 0.1) is 11.3 Å². The maximum atomic E-state index is 12.0. The Morgan fingerprint density at radius 1 is 1.25 bits per heavy atom. The van der Waals surface area contributed by atoms with Gasteiger partial charge in [-0.3, -0.25) is 0 Å². The van der Waals surface area contributed by atoms with Gasteiger partial charge in [0, 0.05) is 0 Å². The van der Waals surface area contributed by atoms with Crippen LogP contribution in [0.1, 0.15) is 5.56 Å². The zero-order valence-electron chi connectivity index (χ0n) is 8.23. The first-order valence-electron chi connectivity index (χ1n) is 4.42. The molecule has 1 rings (SSSR count). The van der Waals surface area contributed by atoms with E-state index in [1.165, 1.54) is 24.3 Å². The van der Waals surface area contributed by atoms with Crippen LogP contribution < -0.4 is 0 Å². The van der Waals surface area contributed by atoms with Crippen LogP contribution in [0.5, 0.6) is 0 Å². The van der Waals surface area contributed by atoms with Crippen LogP contribution in [0.3, 0.4) is 0 Å². The first-order chi connectivity index (χ1) is 7.45. The van der Waals surface area contributed by atoms with Crippen LogP contribution in [0.4, 0.5) is 8.78 Å². The van der Waals surface area contributed by atoms with Gasteiger partial charge in [-0.05, 0) is 17.7 Å². The van der Waals surface area contributed by atoms with Crippen molar-refractivity contribution in [3.63, 3.8) is 0 Å². The van der Waals surface area contributed by atoms with Crippen LogP contribution in [0.15, 0.2) is 29.2 Å². The third kappa shape index (κ3) is 3.28. The van der Waals surface area contributed by atoms with Crippen molar-refractivity contribution in [1.29, 1.82) is 5.26 Å². The number of benzene rings is 1. The van der Waals surface area contributed by atoms with E-state index in [1.54, 1.807) is 0 Å². The summed E-state index contributed by atoms with van der Waals surface area (Å²) in [4.78, 5) is -0.144. The number of nitriles is 1. The molecule has 0 spiro atoms. The maximum Gasteiger partial charge on any atom is 0.252 e. The highest BCUT2D eigenvalue weighted by molar-refractivity contribution is 7.91. The minimum absolute atomic E-state index is 0.144. The second-order valence-electron chi connectivity index (χ2n) is 3.15. The molecule has 0 aliphatic carbocycles. The van der Waals surface area contributed by atoms with Crippen molar-refractivity contribution in [3.05, 3.63) is 29.8 Å². The van der Waals surface area contributed by atoms with Crippen LogP contribution >= 0.6 is 0 Å². The number of nitrogens with zero attached hydrogens (tertiary/aromatic N) is 1. The first-order valence-corrected chi connectivity index (χ1v) is 6.08. The van der Waals surface area contributed by atoms with Gasteiger partial charge in [-0.1, -0.05) is 12.1 Å². The molecule has 0 amide bonds. The van der Waals surface area contributed by atoms with Crippen LogP contribution in [-0.2, 0) is 16.3 Å².